The number of rotatable bonds is 3. The van der Waals surface area contributed by atoms with Gasteiger partial charge < -0.3 is 9.73 Å². The molecule has 72 valence electrons. The van der Waals surface area contributed by atoms with Gasteiger partial charge in [0.2, 0.25) is 5.76 Å². The lowest BCUT2D eigenvalue weighted by molar-refractivity contribution is 0.0926. The van der Waals surface area contributed by atoms with Gasteiger partial charge in [-0.1, -0.05) is 22.6 Å². The molecule has 1 amide bonds. The largest absolute Gasteiger partial charge is 0.436 e. The van der Waals surface area contributed by atoms with Crippen molar-refractivity contribution in [1.29, 1.82) is 0 Å². The first kappa shape index (κ1) is 10.5. The number of halogens is 1. The molecular weight excluding hydrogens is 283 g/mol. The molecule has 1 rings (SSSR count). The topological polar surface area (TPSA) is 55.1 Å². The van der Waals surface area contributed by atoms with Crippen molar-refractivity contribution in [2.24, 2.45) is 0 Å². The second kappa shape index (κ2) is 4.59. The molecule has 0 bridgehead atoms. The van der Waals surface area contributed by atoms with Gasteiger partial charge in [0.1, 0.15) is 0 Å². The zero-order valence-corrected chi connectivity index (χ0v) is 9.71. The van der Waals surface area contributed by atoms with Crippen molar-refractivity contribution in [1.82, 2.24) is 10.3 Å². The van der Waals surface area contributed by atoms with Crippen LogP contribution in [0.25, 0.3) is 0 Å². The van der Waals surface area contributed by atoms with E-state index in [9.17, 15) is 4.79 Å². The van der Waals surface area contributed by atoms with E-state index in [1.54, 1.807) is 13.8 Å². The molecule has 1 aromatic heterocycles. The third kappa shape index (κ3) is 2.68. The lowest BCUT2D eigenvalue weighted by Crippen LogP contribution is -2.25. The number of aryl methyl sites for hydroxylation is 2. The Morgan fingerprint density at radius 3 is 2.77 bits per heavy atom. The second-order valence-corrected chi connectivity index (χ2v) is 3.67. The Kier molecular flexibility index (Phi) is 3.71. The van der Waals surface area contributed by atoms with Crippen molar-refractivity contribution in [3.63, 3.8) is 0 Å². The average molecular weight is 294 g/mol. The zero-order valence-electron chi connectivity index (χ0n) is 7.56. The number of oxazole rings is 1. The van der Waals surface area contributed by atoms with Crippen molar-refractivity contribution in [2.75, 3.05) is 11.0 Å². The maximum atomic E-state index is 11.4. The third-order valence-corrected chi connectivity index (χ3v) is 2.03. The number of alkyl halides is 1. The standard InChI is InChI=1S/C8H11IN2O2/c1-5-7(13-6(2)11-5)8(12)10-4-3-9/h3-4H2,1-2H3,(H,10,12). The van der Waals surface area contributed by atoms with Gasteiger partial charge in [0.25, 0.3) is 5.91 Å². The number of nitrogens with one attached hydrogen (secondary N) is 1. The minimum Gasteiger partial charge on any atom is -0.436 e. The number of carbonyl (C=O) groups excluding carboxylic acids is 1. The molecule has 0 saturated carbocycles. The third-order valence-electron chi connectivity index (χ3n) is 1.49. The van der Waals surface area contributed by atoms with Crippen LogP contribution in [0.4, 0.5) is 0 Å². The van der Waals surface area contributed by atoms with Crippen LogP contribution in [0.5, 0.6) is 0 Å². The van der Waals surface area contributed by atoms with Crippen molar-refractivity contribution in [2.45, 2.75) is 13.8 Å². The molecule has 1 aromatic rings. The summed E-state index contributed by atoms with van der Waals surface area (Å²) in [5, 5.41) is 2.72. The number of hydrogen-bond donors (Lipinski definition) is 1. The van der Waals surface area contributed by atoms with Crippen molar-refractivity contribution < 1.29 is 9.21 Å². The van der Waals surface area contributed by atoms with E-state index in [-0.39, 0.29) is 5.91 Å². The molecule has 0 aromatic carbocycles. The van der Waals surface area contributed by atoms with Crippen molar-refractivity contribution in [3.05, 3.63) is 17.3 Å². The summed E-state index contributed by atoms with van der Waals surface area (Å²) in [4.78, 5) is 15.4. The van der Waals surface area contributed by atoms with Crippen LogP contribution < -0.4 is 5.32 Å². The van der Waals surface area contributed by atoms with Gasteiger partial charge in [-0.15, -0.1) is 0 Å². The summed E-state index contributed by atoms with van der Waals surface area (Å²) in [7, 11) is 0. The molecule has 0 fully saturated rings. The van der Waals surface area contributed by atoms with Crippen LogP contribution in [-0.4, -0.2) is 21.9 Å². The fourth-order valence-corrected chi connectivity index (χ4v) is 1.25. The van der Waals surface area contributed by atoms with Crippen LogP contribution in [0.15, 0.2) is 4.42 Å². The Labute approximate surface area is 90.2 Å². The molecule has 0 aliphatic heterocycles. The van der Waals surface area contributed by atoms with Gasteiger partial charge in [-0.05, 0) is 6.92 Å². The van der Waals surface area contributed by atoms with Gasteiger partial charge >= 0.3 is 0 Å². The van der Waals surface area contributed by atoms with E-state index in [0.29, 0.717) is 23.9 Å². The summed E-state index contributed by atoms with van der Waals surface area (Å²) < 4.78 is 6.03. The highest BCUT2D eigenvalue weighted by atomic mass is 127. The van der Waals surface area contributed by atoms with Crippen LogP contribution in [0, 0.1) is 13.8 Å². The van der Waals surface area contributed by atoms with E-state index in [1.165, 1.54) is 0 Å². The molecule has 4 nitrogen and oxygen atoms in total. The van der Waals surface area contributed by atoms with E-state index in [4.69, 9.17) is 4.42 Å². The normalized spacial score (nSPS) is 10.1. The number of hydrogen-bond acceptors (Lipinski definition) is 3. The van der Waals surface area contributed by atoms with Crippen LogP contribution in [0.3, 0.4) is 0 Å². The number of carbonyl (C=O) groups is 1. The summed E-state index contributed by atoms with van der Waals surface area (Å²) in [6.07, 6.45) is 0. The Morgan fingerprint density at radius 2 is 2.31 bits per heavy atom. The van der Waals surface area contributed by atoms with E-state index in [1.807, 2.05) is 0 Å². The van der Waals surface area contributed by atoms with Gasteiger partial charge in [0, 0.05) is 17.9 Å². The maximum absolute atomic E-state index is 11.4. The first-order valence-electron chi connectivity index (χ1n) is 3.93. The SMILES string of the molecule is Cc1nc(C)c(C(=O)NCCI)o1. The Hall–Kier alpha value is -0.590. The molecule has 5 heteroatoms. The van der Waals surface area contributed by atoms with Gasteiger partial charge in [-0.3, -0.25) is 4.79 Å². The van der Waals surface area contributed by atoms with E-state index in [0.717, 1.165) is 4.43 Å². The van der Waals surface area contributed by atoms with Gasteiger partial charge in [-0.2, -0.15) is 0 Å². The highest BCUT2D eigenvalue weighted by Gasteiger charge is 2.14. The lowest BCUT2D eigenvalue weighted by Gasteiger charge is -1.98. The summed E-state index contributed by atoms with van der Waals surface area (Å²) >= 11 is 2.19. The fraction of sp³-hybridized carbons (Fsp3) is 0.500. The average Bonchev–Trinajstić information content (AvgIpc) is 2.41. The van der Waals surface area contributed by atoms with Gasteiger partial charge in [-0.25, -0.2) is 4.98 Å². The molecule has 0 radical (unpaired) electrons. The van der Waals surface area contributed by atoms with Crippen molar-refractivity contribution >= 4 is 28.5 Å². The summed E-state index contributed by atoms with van der Waals surface area (Å²) in [5.74, 6) is 0.661. The van der Waals surface area contributed by atoms with E-state index in [2.05, 4.69) is 32.9 Å². The predicted octanol–water partition coefficient (Wildman–Crippen LogP) is 1.46. The quantitative estimate of drug-likeness (QED) is 0.678. The number of aromatic nitrogens is 1. The van der Waals surface area contributed by atoms with Crippen molar-refractivity contribution in [3.8, 4) is 0 Å². The lowest BCUT2D eigenvalue weighted by atomic mass is 10.3. The predicted molar refractivity (Wildman–Crippen MR) is 57.2 cm³/mol. The van der Waals surface area contributed by atoms with Crippen LogP contribution in [0.1, 0.15) is 22.1 Å². The monoisotopic (exact) mass is 294 g/mol. The molecule has 1 heterocycles. The molecular formula is C8H11IN2O2. The summed E-state index contributed by atoms with van der Waals surface area (Å²) in [5.41, 5.74) is 0.642. The molecule has 0 saturated heterocycles. The smallest absolute Gasteiger partial charge is 0.289 e. The van der Waals surface area contributed by atoms with Gasteiger partial charge in [0.15, 0.2) is 5.89 Å². The Balaban J connectivity index is 2.70. The summed E-state index contributed by atoms with van der Waals surface area (Å²) in [6.45, 7) is 4.14. The molecule has 0 spiro atoms. The van der Waals surface area contributed by atoms with Gasteiger partial charge in [0.05, 0.1) is 5.69 Å². The molecule has 1 N–H and O–H groups in total. The molecule has 0 unspecified atom stereocenters. The highest BCUT2D eigenvalue weighted by molar-refractivity contribution is 14.1. The Bertz CT molecular complexity index is 309. The minimum atomic E-state index is -0.185. The first-order chi connectivity index (χ1) is 6.15. The zero-order chi connectivity index (χ0) is 9.84. The maximum Gasteiger partial charge on any atom is 0.289 e. The molecule has 0 aliphatic rings. The van der Waals surface area contributed by atoms with Crippen LogP contribution >= 0.6 is 22.6 Å². The molecule has 13 heavy (non-hydrogen) atoms. The fourth-order valence-electron chi connectivity index (χ4n) is 0.983. The second-order valence-electron chi connectivity index (χ2n) is 2.59. The van der Waals surface area contributed by atoms with E-state index < -0.39 is 0 Å². The number of amides is 1. The minimum absolute atomic E-state index is 0.185. The highest BCUT2D eigenvalue weighted by Crippen LogP contribution is 2.08. The van der Waals surface area contributed by atoms with Crippen LogP contribution in [-0.2, 0) is 0 Å². The summed E-state index contributed by atoms with van der Waals surface area (Å²) in [6, 6.07) is 0. The number of nitrogens with zero attached hydrogens (tertiary/aromatic N) is 1. The molecule has 0 atom stereocenters. The van der Waals surface area contributed by atoms with Crippen LogP contribution in [0.2, 0.25) is 0 Å². The molecule has 0 aliphatic carbocycles. The first-order valence-corrected chi connectivity index (χ1v) is 5.46. The van der Waals surface area contributed by atoms with E-state index >= 15 is 0 Å². The Morgan fingerprint density at radius 1 is 1.62 bits per heavy atom.